The van der Waals surface area contributed by atoms with Crippen molar-refractivity contribution in [3.8, 4) is 0 Å². The first-order valence-corrected chi connectivity index (χ1v) is 6.37. The van der Waals surface area contributed by atoms with Gasteiger partial charge in [0.25, 0.3) is 0 Å². The van der Waals surface area contributed by atoms with E-state index in [-0.39, 0.29) is 0 Å². The van der Waals surface area contributed by atoms with Gasteiger partial charge in [0.15, 0.2) is 0 Å². The second-order valence-electron chi connectivity index (χ2n) is 5.63. The molecule has 0 aromatic heterocycles. The van der Waals surface area contributed by atoms with Gasteiger partial charge in [0.05, 0.1) is 0 Å². The first-order chi connectivity index (χ1) is 7.61. The van der Waals surface area contributed by atoms with E-state index in [1.54, 1.807) is 0 Å². The highest BCUT2D eigenvalue weighted by Crippen LogP contribution is 2.31. The molecule has 1 aliphatic heterocycles. The van der Waals surface area contributed by atoms with E-state index in [0.29, 0.717) is 5.41 Å². The van der Waals surface area contributed by atoms with Gasteiger partial charge in [-0.05, 0) is 61.8 Å². The molecule has 16 heavy (non-hydrogen) atoms. The smallest absolute Gasteiger partial charge is 0.000836 e. The summed E-state index contributed by atoms with van der Waals surface area (Å²) in [5.41, 5.74) is 4.89. The van der Waals surface area contributed by atoms with Gasteiger partial charge in [-0.3, -0.25) is 0 Å². The maximum Gasteiger partial charge on any atom is 0.000836 e. The highest BCUT2D eigenvalue weighted by molar-refractivity contribution is 5.33. The molecular formula is C15H23N. The average Bonchev–Trinajstić information content (AvgIpc) is 2.26. The first kappa shape index (κ1) is 11.7. The Kier molecular flexibility index (Phi) is 3.34. The summed E-state index contributed by atoms with van der Waals surface area (Å²) in [6.45, 7) is 9.24. The molecule has 0 radical (unpaired) electrons. The van der Waals surface area contributed by atoms with Crippen LogP contribution in [0.25, 0.3) is 0 Å². The maximum atomic E-state index is 3.53. The third-order valence-corrected chi connectivity index (χ3v) is 4.02. The minimum atomic E-state index is 0.455. The number of hydrogen-bond donors (Lipinski definition) is 1. The Labute approximate surface area is 99.3 Å². The molecule has 1 saturated heterocycles. The topological polar surface area (TPSA) is 12.0 Å². The highest BCUT2D eigenvalue weighted by atomic mass is 14.9. The lowest BCUT2D eigenvalue weighted by Gasteiger charge is -2.34. The molecule has 1 nitrogen and oxygen atoms in total. The first-order valence-electron chi connectivity index (χ1n) is 6.37. The Balaban J connectivity index is 2.16. The quantitative estimate of drug-likeness (QED) is 0.802. The number of piperidine rings is 1. The zero-order valence-corrected chi connectivity index (χ0v) is 10.8. The van der Waals surface area contributed by atoms with E-state index in [2.05, 4.69) is 44.3 Å². The molecule has 1 aliphatic rings. The lowest BCUT2D eigenvalue weighted by atomic mass is 9.76. The molecule has 1 aromatic rings. The van der Waals surface area contributed by atoms with E-state index in [4.69, 9.17) is 0 Å². The van der Waals surface area contributed by atoms with Crippen LogP contribution in [0.5, 0.6) is 0 Å². The summed E-state index contributed by atoms with van der Waals surface area (Å²) in [7, 11) is 0. The minimum absolute atomic E-state index is 0.455. The number of hydrogen-bond acceptors (Lipinski definition) is 1. The zero-order valence-electron chi connectivity index (χ0n) is 10.8. The third-order valence-electron chi connectivity index (χ3n) is 4.02. The normalized spacial score (nSPS) is 25.7. The molecule has 1 heterocycles. The van der Waals surface area contributed by atoms with Crippen molar-refractivity contribution in [1.82, 2.24) is 5.32 Å². The van der Waals surface area contributed by atoms with Crippen LogP contribution in [-0.4, -0.2) is 13.1 Å². The number of rotatable bonds is 2. The standard InChI is InChI=1S/C15H23N/c1-12-6-4-7-14(13(12)2)10-15(3)8-5-9-16-11-15/h4,6-7,16H,5,8-11H2,1-3H3. The highest BCUT2D eigenvalue weighted by Gasteiger charge is 2.27. The second kappa shape index (κ2) is 4.58. The van der Waals surface area contributed by atoms with Crippen molar-refractivity contribution in [2.75, 3.05) is 13.1 Å². The van der Waals surface area contributed by atoms with Crippen molar-refractivity contribution < 1.29 is 0 Å². The van der Waals surface area contributed by atoms with Crippen LogP contribution in [0.3, 0.4) is 0 Å². The van der Waals surface area contributed by atoms with Crippen LogP contribution in [0.15, 0.2) is 18.2 Å². The van der Waals surface area contributed by atoms with Crippen molar-refractivity contribution in [3.63, 3.8) is 0 Å². The monoisotopic (exact) mass is 217 g/mol. The molecule has 2 rings (SSSR count). The van der Waals surface area contributed by atoms with Crippen LogP contribution in [-0.2, 0) is 6.42 Å². The molecule has 88 valence electrons. The Bertz CT molecular complexity index is 362. The molecule has 0 bridgehead atoms. The Morgan fingerprint density at radius 1 is 1.31 bits per heavy atom. The summed E-state index contributed by atoms with van der Waals surface area (Å²) in [5.74, 6) is 0. The molecule has 0 spiro atoms. The van der Waals surface area contributed by atoms with Gasteiger partial charge in [0.1, 0.15) is 0 Å². The summed E-state index contributed by atoms with van der Waals surface area (Å²) in [6.07, 6.45) is 3.89. The van der Waals surface area contributed by atoms with E-state index < -0.39 is 0 Å². The fourth-order valence-electron chi connectivity index (χ4n) is 2.73. The summed E-state index contributed by atoms with van der Waals surface area (Å²) < 4.78 is 0. The fourth-order valence-corrected chi connectivity index (χ4v) is 2.73. The molecule has 1 aromatic carbocycles. The van der Waals surface area contributed by atoms with Crippen molar-refractivity contribution in [3.05, 3.63) is 34.9 Å². The molecule has 1 fully saturated rings. The van der Waals surface area contributed by atoms with Crippen molar-refractivity contribution in [2.45, 2.75) is 40.0 Å². The largest absolute Gasteiger partial charge is 0.316 e. The van der Waals surface area contributed by atoms with E-state index in [1.807, 2.05) is 0 Å². The Hall–Kier alpha value is -0.820. The summed E-state index contributed by atoms with van der Waals surface area (Å²) in [5, 5.41) is 3.53. The number of aryl methyl sites for hydroxylation is 1. The lowest BCUT2D eigenvalue weighted by molar-refractivity contribution is 0.234. The van der Waals surface area contributed by atoms with Gasteiger partial charge in [0.2, 0.25) is 0 Å². The molecule has 0 aliphatic carbocycles. The Morgan fingerprint density at radius 3 is 2.81 bits per heavy atom. The van der Waals surface area contributed by atoms with Crippen LogP contribution in [0.1, 0.15) is 36.5 Å². The summed E-state index contributed by atoms with van der Waals surface area (Å²) in [4.78, 5) is 0. The molecule has 1 atom stereocenters. The molecule has 1 unspecified atom stereocenters. The van der Waals surface area contributed by atoms with Gasteiger partial charge in [-0.2, -0.15) is 0 Å². The lowest BCUT2D eigenvalue weighted by Crippen LogP contribution is -2.39. The van der Waals surface area contributed by atoms with E-state index in [1.165, 1.54) is 49.0 Å². The maximum absolute atomic E-state index is 3.53. The molecule has 0 amide bonds. The van der Waals surface area contributed by atoms with Crippen molar-refractivity contribution in [2.24, 2.45) is 5.41 Å². The van der Waals surface area contributed by atoms with E-state index in [0.717, 1.165) is 0 Å². The summed E-state index contributed by atoms with van der Waals surface area (Å²) >= 11 is 0. The van der Waals surface area contributed by atoms with Crippen molar-refractivity contribution in [1.29, 1.82) is 0 Å². The van der Waals surface area contributed by atoms with Crippen LogP contribution < -0.4 is 5.32 Å². The molecule has 1 N–H and O–H groups in total. The van der Waals surface area contributed by atoms with Crippen LogP contribution in [0.2, 0.25) is 0 Å². The van der Waals surface area contributed by atoms with Crippen molar-refractivity contribution >= 4 is 0 Å². The van der Waals surface area contributed by atoms with Crippen LogP contribution in [0.4, 0.5) is 0 Å². The third kappa shape index (κ3) is 2.46. The van der Waals surface area contributed by atoms with Gasteiger partial charge in [-0.1, -0.05) is 25.1 Å². The Morgan fingerprint density at radius 2 is 2.12 bits per heavy atom. The predicted octanol–water partition coefficient (Wildman–Crippen LogP) is 3.24. The number of benzene rings is 1. The average molecular weight is 217 g/mol. The van der Waals surface area contributed by atoms with Gasteiger partial charge in [-0.15, -0.1) is 0 Å². The van der Waals surface area contributed by atoms with Gasteiger partial charge < -0.3 is 5.32 Å². The van der Waals surface area contributed by atoms with Gasteiger partial charge in [0, 0.05) is 6.54 Å². The molecule has 1 heteroatoms. The van der Waals surface area contributed by atoms with Crippen LogP contribution >= 0.6 is 0 Å². The minimum Gasteiger partial charge on any atom is -0.316 e. The molecular weight excluding hydrogens is 194 g/mol. The SMILES string of the molecule is Cc1cccc(CC2(C)CCCNC2)c1C. The van der Waals surface area contributed by atoms with Gasteiger partial charge in [-0.25, -0.2) is 0 Å². The van der Waals surface area contributed by atoms with Gasteiger partial charge >= 0.3 is 0 Å². The van der Waals surface area contributed by atoms with E-state index >= 15 is 0 Å². The predicted molar refractivity (Wildman–Crippen MR) is 69.8 cm³/mol. The zero-order chi connectivity index (χ0) is 11.6. The van der Waals surface area contributed by atoms with Crippen LogP contribution in [0, 0.1) is 19.3 Å². The summed E-state index contributed by atoms with van der Waals surface area (Å²) in [6, 6.07) is 6.69. The fraction of sp³-hybridized carbons (Fsp3) is 0.600. The van der Waals surface area contributed by atoms with E-state index in [9.17, 15) is 0 Å². The second-order valence-corrected chi connectivity index (χ2v) is 5.63. The number of nitrogens with one attached hydrogen (secondary N) is 1. The molecule has 0 saturated carbocycles.